The van der Waals surface area contributed by atoms with Crippen LogP contribution in [0.25, 0.3) is 0 Å². The second kappa shape index (κ2) is 6.79. The van der Waals surface area contributed by atoms with E-state index in [2.05, 4.69) is 0 Å². The first-order valence-corrected chi connectivity index (χ1v) is 8.41. The number of carboxylic acid groups (broad SMARTS) is 1. The van der Waals surface area contributed by atoms with E-state index < -0.39 is 11.4 Å². The summed E-state index contributed by atoms with van der Waals surface area (Å²) in [6, 6.07) is 5.90. The summed E-state index contributed by atoms with van der Waals surface area (Å²) >= 11 is 0. The van der Waals surface area contributed by atoms with Gasteiger partial charge in [0, 0.05) is 25.6 Å². The van der Waals surface area contributed by atoms with Gasteiger partial charge in [0.1, 0.15) is 11.6 Å². The van der Waals surface area contributed by atoms with Crippen LogP contribution in [-0.2, 0) is 9.59 Å². The molecule has 1 saturated heterocycles. The molecule has 2 atom stereocenters. The van der Waals surface area contributed by atoms with Crippen molar-refractivity contribution < 1.29 is 23.8 Å². The molecule has 1 aliphatic heterocycles. The zero-order valence-electron chi connectivity index (χ0n) is 13.5. The molecule has 130 valence electrons. The maximum atomic E-state index is 13.0. The normalized spacial score (nSPS) is 25.5. The fraction of sp³-hybridized carbons (Fsp3) is 0.556. The Labute approximate surface area is 140 Å². The molecular formula is C18H22FNO4. The number of carbonyl (C=O) groups excluding carboxylic acids is 1. The molecule has 1 aliphatic carbocycles. The van der Waals surface area contributed by atoms with Crippen LogP contribution in [0, 0.1) is 17.2 Å². The van der Waals surface area contributed by atoms with Crippen molar-refractivity contribution in [3.63, 3.8) is 0 Å². The summed E-state index contributed by atoms with van der Waals surface area (Å²) in [6.45, 7) is 1.21. The molecule has 5 nitrogen and oxygen atoms in total. The lowest BCUT2D eigenvalue weighted by molar-refractivity contribution is -0.149. The Morgan fingerprint density at radius 3 is 2.96 bits per heavy atom. The second-order valence-electron chi connectivity index (χ2n) is 6.73. The highest BCUT2D eigenvalue weighted by Gasteiger charge is 2.55. The van der Waals surface area contributed by atoms with Gasteiger partial charge in [-0.2, -0.15) is 0 Å². The lowest BCUT2D eigenvalue weighted by Gasteiger charge is -2.23. The smallest absolute Gasteiger partial charge is 0.311 e. The van der Waals surface area contributed by atoms with Gasteiger partial charge in [0.25, 0.3) is 0 Å². The Balaban J connectivity index is 1.45. The maximum absolute atomic E-state index is 13.0. The Morgan fingerprint density at radius 1 is 1.42 bits per heavy atom. The molecule has 0 unspecified atom stereocenters. The highest BCUT2D eigenvalue weighted by atomic mass is 19.1. The van der Waals surface area contributed by atoms with Crippen LogP contribution < -0.4 is 4.74 Å². The number of nitrogens with zero attached hydrogens (tertiary/aromatic N) is 1. The van der Waals surface area contributed by atoms with Crippen molar-refractivity contribution in [1.82, 2.24) is 4.90 Å². The highest BCUT2D eigenvalue weighted by Crippen LogP contribution is 2.48. The third-order valence-electron chi connectivity index (χ3n) is 5.25. The van der Waals surface area contributed by atoms with E-state index in [1.54, 1.807) is 17.0 Å². The highest BCUT2D eigenvalue weighted by molar-refractivity contribution is 5.81. The first-order valence-electron chi connectivity index (χ1n) is 8.41. The van der Waals surface area contributed by atoms with E-state index in [1.165, 1.54) is 12.1 Å². The molecule has 1 heterocycles. The van der Waals surface area contributed by atoms with Crippen LogP contribution in [0.2, 0.25) is 0 Å². The summed E-state index contributed by atoms with van der Waals surface area (Å²) in [7, 11) is 0. The van der Waals surface area contributed by atoms with E-state index in [0.29, 0.717) is 44.7 Å². The molecule has 0 bridgehead atoms. The summed E-state index contributed by atoms with van der Waals surface area (Å²) in [4.78, 5) is 25.6. The summed E-state index contributed by atoms with van der Waals surface area (Å²) in [6.07, 6.45) is 3.33. The minimum absolute atomic E-state index is 0.0205. The van der Waals surface area contributed by atoms with Crippen molar-refractivity contribution in [2.24, 2.45) is 11.3 Å². The number of rotatable bonds is 6. The standard InChI is InChI=1S/C18H22FNO4/c19-14-5-1-6-15(10-14)24-9-3-7-16(21)20-11-13-4-2-8-18(13,12-20)17(22)23/h1,5-6,10,13H,2-4,7-9,11-12H2,(H,22,23)/t13-,18+/m0/s1. The Bertz CT molecular complexity index is 635. The molecular weight excluding hydrogens is 313 g/mol. The molecule has 3 rings (SSSR count). The van der Waals surface area contributed by atoms with E-state index in [-0.39, 0.29) is 17.6 Å². The van der Waals surface area contributed by atoms with Gasteiger partial charge in [0.15, 0.2) is 0 Å². The zero-order chi connectivity index (χ0) is 17.2. The van der Waals surface area contributed by atoms with Crippen molar-refractivity contribution in [3.8, 4) is 5.75 Å². The van der Waals surface area contributed by atoms with Gasteiger partial charge in [-0.05, 0) is 37.3 Å². The number of ether oxygens (including phenoxy) is 1. The summed E-state index contributed by atoms with van der Waals surface area (Å²) in [5, 5.41) is 9.55. The largest absolute Gasteiger partial charge is 0.493 e. The summed E-state index contributed by atoms with van der Waals surface area (Å²) < 4.78 is 18.5. The van der Waals surface area contributed by atoms with Gasteiger partial charge in [-0.1, -0.05) is 12.5 Å². The molecule has 1 saturated carbocycles. The predicted molar refractivity (Wildman–Crippen MR) is 85.1 cm³/mol. The summed E-state index contributed by atoms with van der Waals surface area (Å²) in [5.41, 5.74) is -0.728. The first-order chi connectivity index (χ1) is 11.5. The Kier molecular flexibility index (Phi) is 4.73. The number of halogens is 1. The number of likely N-dealkylation sites (tertiary alicyclic amines) is 1. The average Bonchev–Trinajstić information content (AvgIpc) is 3.09. The molecule has 24 heavy (non-hydrogen) atoms. The number of hydrogen-bond donors (Lipinski definition) is 1. The minimum Gasteiger partial charge on any atom is -0.493 e. The third kappa shape index (κ3) is 3.23. The summed E-state index contributed by atoms with van der Waals surface area (Å²) in [5.74, 6) is -0.612. The number of fused-ring (bicyclic) bond motifs is 1. The van der Waals surface area contributed by atoms with Crippen LogP contribution in [0.5, 0.6) is 5.75 Å². The van der Waals surface area contributed by atoms with Gasteiger partial charge in [-0.15, -0.1) is 0 Å². The lowest BCUT2D eigenvalue weighted by atomic mass is 9.81. The number of carbonyl (C=O) groups is 2. The van der Waals surface area contributed by atoms with Gasteiger partial charge < -0.3 is 14.7 Å². The molecule has 1 aromatic rings. The van der Waals surface area contributed by atoms with Crippen LogP contribution in [0.1, 0.15) is 32.1 Å². The minimum atomic E-state index is -0.769. The quantitative estimate of drug-likeness (QED) is 0.812. The van der Waals surface area contributed by atoms with Crippen molar-refractivity contribution in [2.45, 2.75) is 32.1 Å². The number of hydrogen-bond acceptors (Lipinski definition) is 3. The van der Waals surface area contributed by atoms with Crippen LogP contribution >= 0.6 is 0 Å². The van der Waals surface area contributed by atoms with E-state index in [0.717, 1.165) is 12.8 Å². The monoisotopic (exact) mass is 335 g/mol. The predicted octanol–water partition coefficient (Wildman–Crippen LogP) is 2.70. The van der Waals surface area contributed by atoms with E-state index in [1.807, 2.05) is 0 Å². The van der Waals surface area contributed by atoms with E-state index in [9.17, 15) is 19.1 Å². The SMILES string of the molecule is O=C(CCCOc1cccc(F)c1)N1C[C@@H]2CCC[C@@]2(C(=O)O)C1. The van der Waals surface area contributed by atoms with Gasteiger partial charge >= 0.3 is 5.97 Å². The van der Waals surface area contributed by atoms with Crippen LogP contribution in [0.3, 0.4) is 0 Å². The lowest BCUT2D eigenvalue weighted by Crippen LogP contribution is -2.37. The molecule has 1 amide bonds. The van der Waals surface area contributed by atoms with Crippen molar-refractivity contribution in [1.29, 1.82) is 0 Å². The van der Waals surface area contributed by atoms with Gasteiger partial charge in [-0.3, -0.25) is 9.59 Å². The van der Waals surface area contributed by atoms with Crippen molar-refractivity contribution in [2.75, 3.05) is 19.7 Å². The van der Waals surface area contributed by atoms with Crippen LogP contribution in [-0.4, -0.2) is 41.6 Å². The van der Waals surface area contributed by atoms with Crippen molar-refractivity contribution >= 4 is 11.9 Å². The van der Waals surface area contributed by atoms with Gasteiger partial charge in [0.05, 0.1) is 12.0 Å². The Hall–Kier alpha value is -2.11. The average molecular weight is 335 g/mol. The van der Waals surface area contributed by atoms with Crippen molar-refractivity contribution in [3.05, 3.63) is 30.1 Å². The fourth-order valence-electron chi connectivity index (χ4n) is 3.96. The molecule has 0 radical (unpaired) electrons. The molecule has 2 fully saturated rings. The van der Waals surface area contributed by atoms with E-state index in [4.69, 9.17) is 4.74 Å². The van der Waals surface area contributed by atoms with Crippen LogP contribution in [0.4, 0.5) is 4.39 Å². The Morgan fingerprint density at radius 2 is 2.25 bits per heavy atom. The molecule has 1 aromatic carbocycles. The number of amides is 1. The molecule has 1 N–H and O–H groups in total. The number of aliphatic carboxylic acids is 1. The number of carboxylic acids is 1. The van der Waals surface area contributed by atoms with Crippen LogP contribution in [0.15, 0.2) is 24.3 Å². The topological polar surface area (TPSA) is 66.8 Å². The molecule has 0 aromatic heterocycles. The first kappa shape index (κ1) is 16.7. The zero-order valence-corrected chi connectivity index (χ0v) is 13.5. The van der Waals surface area contributed by atoms with E-state index >= 15 is 0 Å². The molecule has 2 aliphatic rings. The molecule has 0 spiro atoms. The second-order valence-corrected chi connectivity index (χ2v) is 6.73. The van der Waals surface area contributed by atoms with Gasteiger partial charge in [-0.25, -0.2) is 4.39 Å². The number of benzene rings is 1. The maximum Gasteiger partial charge on any atom is 0.311 e. The molecule has 6 heteroatoms. The fourth-order valence-corrected chi connectivity index (χ4v) is 3.96. The third-order valence-corrected chi connectivity index (χ3v) is 5.25. The van der Waals surface area contributed by atoms with Gasteiger partial charge in [0.2, 0.25) is 5.91 Å².